The van der Waals surface area contributed by atoms with Gasteiger partial charge in [-0.3, -0.25) is 9.59 Å². The van der Waals surface area contributed by atoms with Crippen LogP contribution in [0.15, 0.2) is 59.5 Å². The number of hydrogen-bond acceptors (Lipinski definition) is 7. The van der Waals surface area contributed by atoms with Crippen LogP contribution in [0.4, 0.5) is 10.5 Å². The van der Waals surface area contributed by atoms with Crippen molar-refractivity contribution in [2.75, 3.05) is 11.9 Å². The number of benzene rings is 2. The Kier molecular flexibility index (Phi) is 9.60. The lowest BCUT2D eigenvalue weighted by Gasteiger charge is -2.29. The Morgan fingerprint density at radius 1 is 0.962 bits per heavy atom. The fourth-order valence-electron chi connectivity index (χ4n) is 6.92. The van der Waals surface area contributed by atoms with Crippen molar-refractivity contribution in [1.29, 1.82) is 0 Å². The van der Waals surface area contributed by atoms with Gasteiger partial charge in [0.05, 0.1) is 11.0 Å². The Morgan fingerprint density at radius 2 is 1.69 bits per heavy atom. The Morgan fingerprint density at radius 3 is 2.40 bits per heavy atom. The second-order valence-electron chi connectivity index (χ2n) is 15.3. The average Bonchev–Trinajstić information content (AvgIpc) is 3.76. The van der Waals surface area contributed by atoms with Crippen molar-refractivity contribution in [3.8, 4) is 11.1 Å². The lowest BCUT2D eigenvalue weighted by Crippen LogP contribution is -2.48. The van der Waals surface area contributed by atoms with Gasteiger partial charge in [-0.2, -0.15) is 5.10 Å². The first-order valence-electron chi connectivity index (χ1n) is 18.1. The Hall–Kier alpha value is -5.46. The maximum atomic E-state index is 13.8. The number of aromatic nitrogens is 5. The topological polar surface area (TPSA) is 175 Å². The highest BCUT2D eigenvalue weighted by molar-refractivity contribution is 5.98. The van der Waals surface area contributed by atoms with Crippen molar-refractivity contribution >= 4 is 40.3 Å². The molecule has 1 atom stereocenters. The maximum absolute atomic E-state index is 13.8. The van der Waals surface area contributed by atoms with E-state index in [9.17, 15) is 19.2 Å². The molecule has 2 fully saturated rings. The van der Waals surface area contributed by atoms with Gasteiger partial charge in [-0.1, -0.05) is 24.3 Å². The van der Waals surface area contributed by atoms with Gasteiger partial charge in [0.25, 0.3) is 0 Å². The van der Waals surface area contributed by atoms with E-state index in [1.54, 1.807) is 18.2 Å². The predicted molar refractivity (Wildman–Crippen MR) is 198 cm³/mol. The lowest BCUT2D eigenvalue weighted by atomic mass is 9.81. The second kappa shape index (κ2) is 14.3. The third kappa shape index (κ3) is 8.35. The zero-order valence-corrected chi connectivity index (χ0v) is 30.0. The smallest absolute Gasteiger partial charge is 0.407 e. The number of anilines is 1. The number of ether oxygens (including phenoxy) is 1. The molecule has 5 aromatic rings. The highest BCUT2D eigenvalue weighted by Crippen LogP contribution is 2.38. The van der Waals surface area contributed by atoms with Crippen LogP contribution in [-0.2, 0) is 20.7 Å². The van der Waals surface area contributed by atoms with Crippen molar-refractivity contribution in [2.45, 2.75) is 90.2 Å². The fraction of sp³-hybridized carbons (Fsp3) is 0.436. The molecule has 0 aliphatic heterocycles. The number of carbonyl (C=O) groups is 3. The molecule has 0 saturated heterocycles. The molecule has 2 aliphatic rings. The molecule has 272 valence electrons. The van der Waals surface area contributed by atoms with E-state index < -0.39 is 17.7 Å². The summed E-state index contributed by atoms with van der Waals surface area (Å²) in [4.78, 5) is 61.5. The molecular formula is C39H46N8O5. The number of H-pyrrole nitrogens is 2. The first-order valence-corrected chi connectivity index (χ1v) is 18.1. The summed E-state index contributed by atoms with van der Waals surface area (Å²) in [6.45, 7) is 8.04. The van der Waals surface area contributed by atoms with Gasteiger partial charge in [0.15, 0.2) is 11.5 Å². The van der Waals surface area contributed by atoms with Gasteiger partial charge >= 0.3 is 11.8 Å². The molecule has 0 radical (unpaired) electrons. The molecular weight excluding hydrogens is 660 g/mol. The number of pyridine rings is 1. The van der Waals surface area contributed by atoms with E-state index in [1.165, 1.54) is 0 Å². The number of amides is 3. The van der Waals surface area contributed by atoms with Crippen LogP contribution in [0.3, 0.4) is 0 Å². The molecule has 3 aromatic heterocycles. The monoisotopic (exact) mass is 706 g/mol. The standard InChI is InChI=1S/C39H46N8O5/c1-22-17-33-45-34(26-13-14-26)46-47(33)21-29(22)25-9-5-23(6-10-25)18-32(36(49)41-28-15-16-30-31(19-28)44-37(50)43-30)42-35(48)27-11-7-24(8-12-27)20-40-38(51)52-39(2,3)4/h5-6,9-10,15-17,19,21,24,26-27,32H,7-8,11-14,18,20H2,1-4H3,(H,40,51)(H,41,49)(H,42,48)(H2,43,44,50)/t24?,27?,32-/m0/s1. The number of rotatable bonds is 10. The SMILES string of the molecule is Cc1cc2nc(C3CC3)nn2cc1-c1ccc(C[C@H](NC(=O)C2CCC(CNC(=O)OC(C)(C)C)CC2)C(=O)Nc2ccc3[nH]c(=O)[nH]c3c2)cc1. The van der Waals surface area contributed by atoms with Crippen LogP contribution >= 0.6 is 0 Å². The van der Waals surface area contributed by atoms with Crippen LogP contribution in [0, 0.1) is 18.8 Å². The molecule has 0 unspecified atom stereocenters. The average molecular weight is 707 g/mol. The Balaban J connectivity index is 1.03. The number of imidazole rings is 1. The lowest BCUT2D eigenvalue weighted by molar-refractivity contribution is -0.130. The van der Waals surface area contributed by atoms with E-state index in [0.29, 0.717) is 42.0 Å². The van der Waals surface area contributed by atoms with Crippen LogP contribution in [-0.4, -0.2) is 60.7 Å². The van der Waals surface area contributed by atoms with Crippen LogP contribution in [0.1, 0.15) is 82.2 Å². The predicted octanol–water partition coefficient (Wildman–Crippen LogP) is 5.75. The molecule has 13 heteroatoms. The number of carbonyl (C=O) groups excluding carboxylic acids is 3. The van der Waals surface area contributed by atoms with E-state index in [0.717, 1.165) is 59.4 Å². The van der Waals surface area contributed by atoms with Crippen molar-refractivity contribution in [2.24, 2.45) is 11.8 Å². The van der Waals surface area contributed by atoms with E-state index in [1.807, 2.05) is 55.7 Å². The fourth-order valence-corrected chi connectivity index (χ4v) is 6.92. The van der Waals surface area contributed by atoms with Crippen molar-refractivity contribution in [1.82, 2.24) is 35.2 Å². The van der Waals surface area contributed by atoms with Crippen LogP contribution in [0.2, 0.25) is 0 Å². The summed E-state index contributed by atoms with van der Waals surface area (Å²) in [6.07, 6.45) is 7.02. The van der Waals surface area contributed by atoms with Crippen LogP contribution in [0.5, 0.6) is 0 Å². The zero-order chi connectivity index (χ0) is 36.6. The number of nitrogens with zero attached hydrogens (tertiary/aromatic N) is 3. The van der Waals surface area contributed by atoms with E-state index in [2.05, 4.69) is 38.9 Å². The summed E-state index contributed by atoms with van der Waals surface area (Å²) < 4.78 is 7.20. The number of aromatic amines is 2. The summed E-state index contributed by atoms with van der Waals surface area (Å²) in [5.41, 5.74) is 5.70. The molecule has 2 saturated carbocycles. The number of nitrogens with one attached hydrogen (secondary N) is 5. The number of aryl methyl sites for hydroxylation is 1. The molecule has 13 nitrogen and oxygen atoms in total. The maximum Gasteiger partial charge on any atom is 0.407 e. The molecule has 7 rings (SSSR count). The summed E-state index contributed by atoms with van der Waals surface area (Å²) >= 11 is 0. The molecule has 3 amide bonds. The van der Waals surface area contributed by atoms with Gasteiger partial charge in [-0.15, -0.1) is 0 Å². The minimum Gasteiger partial charge on any atom is -0.444 e. The van der Waals surface area contributed by atoms with Gasteiger partial charge in [-0.05, 0) is 113 Å². The first-order chi connectivity index (χ1) is 24.9. The summed E-state index contributed by atoms with van der Waals surface area (Å²) in [6, 6.07) is 14.4. The highest BCUT2D eigenvalue weighted by atomic mass is 16.6. The molecule has 3 heterocycles. The summed E-state index contributed by atoms with van der Waals surface area (Å²) in [5, 5.41) is 13.6. The molecule has 5 N–H and O–H groups in total. The highest BCUT2D eigenvalue weighted by Gasteiger charge is 2.31. The van der Waals surface area contributed by atoms with Crippen LogP contribution < -0.4 is 21.6 Å². The quantitative estimate of drug-likeness (QED) is 0.123. The van der Waals surface area contributed by atoms with E-state index in [4.69, 9.17) is 14.8 Å². The van der Waals surface area contributed by atoms with Crippen molar-refractivity contribution < 1.29 is 19.1 Å². The van der Waals surface area contributed by atoms with Gasteiger partial charge in [0, 0.05) is 42.2 Å². The second-order valence-corrected chi connectivity index (χ2v) is 15.3. The zero-order valence-electron chi connectivity index (χ0n) is 30.0. The molecule has 0 spiro atoms. The first kappa shape index (κ1) is 35.0. The normalized spacial score (nSPS) is 18.2. The van der Waals surface area contributed by atoms with Gasteiger partial charge in [0.1, 0.15) is 11.6 Å². The van der Waals surface area contributed by atoms with E-state index >= 15 is 0 Å². The summed E-state index contributed by atoms with van der Waals surface area (Å²) in [7, 11) is 0. The van der Waals surface area contributed by atoms with Crippen molar-refractivity contribution in [3.05, 3.63) is 82.2 Å². The minimum atomic E-state index is -0.847. The molecule has 0 bridgehead atoms. The summed E-state index contributed by atoms with van der Waals surface area (Å²) in [5.74, 6) is 0.858. The molecule has 2 aliphatic carbocycles. The van der Waals surface area contributed by atoms with E-state index in [-0.39, 0.29) is 35.8 Å². The third-order valence-electron chi connectivity index (χ3n) is 9.91. The number of alkyl carbamates (subject to hydrolysis) is 1. The van der Waals surface area contributed by atoms with Gasteiger partial charge in [-0.25, -0.2) is 19.1 Å². The molecule has 52 heavy (non-hydrogen) atoms. The minimum absolute atomic E-state index is 0.164. The number of fused-ring (bicyclic) bond motifs is 2. The number of hydrogen-bond donors (Lipinski definition) is 5. The van der Waals surface area contributed by atoms with Crippen molar-refractivity contribution in [3.63, 3.8) is 0 Å². The Bertz CT molecular complexity index is 2160. The largest absolute Gasteiger partial charge is 0.444 e. The third-order valence-corrected chi connectivity index (χ3v) is 9.91. The van der Waals surface area contributed by atoms with Gasteiger partial charge < -0.3 is 30.7 Å². The molecule has 2 aromatic carbocycles. The Labute approximate surface area is 301 Å². The van der Waals surface area contributed by atoms with Crippen LogP contribution in [0.25, 0.3) is 27.8 Å². The van der Waals surface area contributed by atoms with Gasteiger partial charge in [0.2, 0.25) is 11.8 Å².